The molecule has 19 heavy (non-hydrogen) atoms. The quantitative estimate of drug-likeness (QED) is 0.917. The van der Waals surface area contributed by atoms with Crippen LogP contribution >= 0.6 is 15.9 Å². The van der Waals surface area contributed by atoms with Crippen LogP contribution in [0.4, 0.5) is 0 Å². The number of piperazine rings is 1. The van der Waals surface area contributed by atoms with Crippen LogP contribution in [0.2, 0.25) is 0 Å². The van der Waals surface area contributed by atoms with Crippen molar-refractivity contribution in [3.8, 4) is 0 Å². The Kier molecular flexibility index (Phi) is 3.71. The van der Waals surface area contributed by atoms with Gasteiger partial charge in [0.25, 0.3) is 0 Å². The standard InChI is InChI=1S/C16H23BrN2/c1-16(2)11-18-15(13-5-6-13)10-19(16)9-12-3-7-14(17)8-4-12/h3-4,7-8,13,15,18H,5-6,9-11H2,1-2H3. The molecule has 1 aromatic rings. The molecule has 1 saturated heterocycles. The van der Waals surface area contributed by atoms with Gasteiger partial charge in [-0.1, -0.05) is 28.1 Å². The van der Waals surface area contributed by atoms with Gasteiger partial charge in [0.15, 0.2) is 0 Å². The molecule has 1 saturated carbocycles. The number of benzene rings is 1. The summed E-state index contributed by atoms with van der Waals surface area (Å²) in [4.78, 5) is 2.65. The Morgan fingerprint density at radius 2 is 1.95 bits per heavy atom. The lowest BCUT2D eigenvalue weighted by atomic mass is 9.95. The predicted octanol–water partition coefficient (Wildman–Crippen LogP) is 3.41. The molecule has 0 radical (unpaired) electrons. The Hall–Kier alpha value is -0.380. The van der Waals surface area contributed by atoms with Crippen LogP contribution in [0.5, 0.6) is 0 Å². The van der Waals surface area contributed by atoms with Crippen molar-refractivity contribution in [2.45, 2.75) is 44.8 Å². The topological polar surface area (TPSA) is 15.3 Å². The Morgan fingerprint density at radius 3 is 2.58 bits per heavy atom. The van der Waals surface area contributed by atoms with Crippen LogP contribution in [0.15, 0.2) is 28.7 Å². The molecule has 2 aliphatic rings. The van der Waals surface area contributed by atoms with Crippen molar-refractivity contribution in [1.82, 2.24) is 10.2 Å². The molecule has 104 valence electrons. The number of halogens is 1. The van der Waals surface area contributed by atoms with Gasteiger partial charge in [-0.15, -0.1) is 0 Å². The van der Waals surface area contributed by atoms with Crippen LogP contribution in [0, 0.1) is 5.92 Å². The fourth-order valence-corrected chi connectivity index (χ4v) is 3.21. The van der Waals surface area contributed by atoms with Gasteiger partial charge >= 0.3 is 0 Å². The third-order valence-corrected chi connectivity index (χ3v) is 5.08. The summed E-state index contributed by atoms with van der Waals surface area (Å²) in [7, 11) is 0. The van der Waals surface area contributed by atoms with Gasteiger partial charge in [0.2, 0.25) is 0 Å². The molecule has 2 nitrogen and oxygen atoms in total. The predicted molar refractivity (Wildman–Crippen MR) is 83.1 cm³/mol. The molecular weight excluding hydrogens is 300 g/mol. The summed E-state index contributed by atoms with van der Waals surface area (Å²) in [5, 5.41) is 3.75. The van der Waals surface area contributed by atoms with Crippen molar-refractivity contribution in [1.29, 1.82) is 0 Å². The van der Waals surface area contributed by atoms with E-state index in [9.17, 15) is 0 Å². The van der Waals surface area contributed by atoms with E-state index in [1.165, 1.54) is 24.9 Å². The second-order valence-corrected chi connectivity index (χ2v) is 7.56. The summed E-state index contributed by atoms with van der Waals surface area (Å²) in [6, 6.07) is 9.46. The van der Waals surface area contributed by atoms with E-state index in [4.69, 9.17) is 0 Å². The SMILES string of the molecule is CC1(C)CNC(C2CC2)CN1Cc1ccc(Br)cc1. The van der Waals surface area contributed by atoms with Crippen LogP contribution in [0.1, 0.15) is 32.3 Å². The van der Waals surface area contributed by atoms with E-state index < -0.39 is 0 Å². The van der Waals surface area contributed by atoms with Gasteiger partial charge in [-0.2, -0.15) is 0 Å². The summed E-state index contributed by atoms with van der Waals surface area (Å²) in [5.41, 5.74) is 1.66. The first kappa shape index (κ1) is 13.6. The van der Waals surface area contributed by atoms with Gasteiger partial charge in [-0.3, -0.25) is 4.90 Å². The van der Waals surface area contributed by atoms with Gasteiger partial charge in [0.05, 0.1) is 0 Å². The molecule has 1 aliphatic heterocycles. The van der Waals surface area contributed by atoms with Gasteiger partial charge in [0, 0.05) is 35.7 Å². The van der Waals surface area contributed by atoms with E-state index in [1.54, 1.807) is 0 Å². The molecule has 2 fully saturated rings. The molecule has 3 heteroatoms. The van der Waals surface area contributed by atoms with Crippen molar-refractivity contribution in [2.75, 3.05) is 13.1 Å². The summed E-state index contributed by atoms with van der Waals surface area (Å²) >= 11 is 3.51. The van der Waals surface area contributed by atoms with Gasteiger partial charge in [0.1, 0.15) is 0 Å². The van der Waals surface area contributed by atoms with Crippen molar-refractivity contribution >= 4 is 15.9 Å². The van der Waals surface area contributed by atoms with Crippen molar-refractivity contribution in [3.63, 3.8) is 0 Å². The maximum atomic E-state index is 3.75. The number of nitrogens with one attached hydrogen (secondary N) is 1. The molecule has 1 aromatic carbocycles. The van der Waals surface area contributed by atoms with Crippen molar-refractivity contribution in [2.24, 2.45) is 5.92 Å². The molecule has 1 heterocycles. The number of rotatable bonds is 3. The van der Waals surface area contributed by atoms with Crippen molar-refractivity contribution in [3.05, 3.63) is 34.3 Å². The van der Waals surface area contributed by atoms with E-state index in [0.29, 0.717) is 6.04 Å². The molecule has 0 spiro atoms. The zero-order valence-electron chi connectivity index (χ0n) is 11.8. The average Bonchev–Trinajstić information content (AvgIpc) is 3.19. The Morgan fingerprint density at radius 1 is 1.26 bits per heavy atom. The largest absolute Gasteiger partial charge is 0.311 e. The minimum Gasteiger partial charge on any atom is -0.311 e. The maximum absolute atomic E-state index is 3.75. The smallest absolute Gasteiger partial charge is 0.0281 e. The lowest BCUT2D eigenvalue weighted by molar-refractivity contribution is 0.0534. The van der Waals surface area contributed by atoms with E-state index in [1.807, 2.05) is 0 Å². The van der Waals surface area contributed by atoms with E-state index in [0.717, 1.165) is 23.5 Å². The second-order valence-electron chi connectivity index (χ2n) is 6.64. The number of hydrogen-bond donors (Lipinski definition) is 1. The fraction of sp³-hybridized carbons (Fsp3) is 0.625. The third-order valence-electron chi connectivity index (χ3n) is 4.55. The average molecular weight is 323 g/mol. The van der Waals surface area contributed by atoms with E-state index in [2.05, 4.69) is 64.3 Å². The van der Waals surface area contributed by atoms with Crippen LogP contribution < -0.4 is 5.32 Å². The highest BCUT2D eigenvalue weighted by atomic mass is 79.9. The first-order chi connectivity index (χ1) is 9.04. The first-order valence-corrected chi connectivity index (χ1v) is 8.07. The Balaban J connectivity index is 1.70. The summed E-state index contributed by atoms with van der Waals surface area (Å²) in [5.74, 6) is 0.934. The molecular formula is C16H23BrN2. The van der Waals surface area contributed by atoms with Crippen molar-refractivity contribution < 1.29 is 0 Å². The third kappa shape index (κ3) is 3.21. The molecule has 3 rings (SSSR count). The molecule has 1 atom stereocenters. The molecule has 0 aromatic heterocycles. The molecule has 0 bridgehead atoms. The molecule has 0 amide bonds. The van der Waals surface area contributed by atoms with Crippen LogP contribution in [-0.4, -0.2) is 29.6 Å². The second kappa shape index (κ2) is 5.19. The van der Waals surface area contributed by atoms with Crippen LogP contribution in [0.3, 0.4) is 0 Å². The van der Waals surface area contributed by atoms with Gasteiger partial charge in [-0.05, 0) is 50.3 Å². The highest BCUT2D eigenvalue weighted by molar-refractivity contribution is 9.10. The summed E-state index contributed by atoms with van der Waals surface area (Å²) in [6.45, 7) is 8.05. The summed E-state index contributed by atoms with van der Waals surface area (Å²) < 4.78 is 1.16. The van der Waals surface area contributed by atoms with Gasteiger partial charge in [-0.25, -0.2) is 0 Å². The minimum absolute atomic E-state index is 0.248. The Labute approximate surface area is 124 Å². The van der Waals surface area contributed by atoms with Crippen LogP contribution in [0.25, 0.3) is 0 Å². The lowest BCUT2D eigenvalue weighted by Crippen LogP contribution is -2.62. The number of hydrogen-bond acceptors (Lipinski definition) is 2. The summed E-state index contributed by atoms with van der Waals surface area (Å²) in [6.07, 6.45) is 2.84. The highest BCUT2D eigenvalue weighted by Gasteiger charge is 2.40. The highest BCUT2D eigenvalue weighted by Crippen LogP contribution is 2.36. The molecule has 1 N–H and O–H groups in total. The molecule has 1 unspecified atom stereocenters. The Bertz CT molecular complexity index is 437. The zero-order chi connectivity index (χ0) is 13.5. The monoisotopic (exact) mass is 322 g/mol. The number of nitrogens with zero attached hydrogens (tertiary/aromatic N) is 1. The fourth-order valence-electron chi connectivity index (χ4n) is 2.94. The normalized spacial score (nSPS) is 27.4. The first-order valence-electron chi connectivity index (χ1n) is 7.27. The minimum atomic E-state index is 0.248. The van der Waals surface area contributed by atoms with Gasteiger partial charge < -0.3 is 5.32 Å². The van der Waals surface area contributed by atoms with Crippen LogP contribution in [-0.2, 0) is 6.54 Å². The van der Waals surface area contributed by atoms with E-state index >= 15 is 0 Å². The lowest BCUT2D eigenvalue weighted by Gasteiger charge is -2.46. The zero-order valence-corrected chi connectivity index (χ0v) is 13.4. The van der Waals surface area contributed by atoms with E-state index in [-0.39, 0.29) is 5.54 Å². The molecule has 1 aliphatic carbocycles. The maximum Gasteiger partial charge on any atom is 0.0281 e.